The Hall–Kier alpha value is -2.41. The van der Waals surface area contributed by atoms with Gasteiger partial charge in [0.2, 0.25) is 0 Å². The van der Waals surface area contributed by atoms with Gasteiger partial charge in [-0.15, -0.1) is 0 Å². The number of hydrogen-bond donors (Lipinski definition) is 3. The summed E-state index contributed by atoms with van der Waals surface area (Å²) in [5.41, 5.74) is -1.31. The van der Waals surface area contributed by atoms with Crippen LogP contribution in [0.25, 0.3) is 0 Å². The summed E-state index contributed by atoms with van der Waals surface area (Å²) < 4.78 is 32.2. The van der Waals surface area contributed by atoms with Crippen LogP contribution in [0.1, 0.15) is 37.6 Å². The van der Waals surface area contributed by atoms with Crippen molar-refractivity contribution in [3.63, 3.8) is 0 Å². The predicted molar refractivity (Wildman–Crippen MR) is 84.2 cm³/mol. The summed E-state index contributed by atoms with van der Waals surface area (Å²) in [5, 5.41) is 15.3. The maximum absolute atomic E-state index is 13.8. The van der Waals surface area contributed by atoms with Gasteiger partial charge in [0.05, 0.1) is 18.8 Å². The Morgan fingerprint density at radius 3 is 2.75 bits per heavy atom. The second-order valence-electron chi connectivity index (χ2n) is 5.70. The van der Waals surface area contributed by atoms with Gasteiger partial charge in [-0.1, -0.05) is 6.92 Å². The van der Waals surface area contributed by atoms with Gasteiger partial charge in [0, 0.05) is 5.56 Å². The number of carbonyl (C=O) groups excluding carboxylic acids is 1. The van der Waals surface area contributed by atoms with Crippen LogP contribution in [0.15, 0.2) is 41.0 Å². The molecule has 0 aliphatic rings. The highest BCUT2D eigenvalue weighted by Crippen LogP contribution is 2.22. The molecule has 2 rings (SSSR count). The normalized spacial score (nSPS) is 14.7. The highest BCUT2D eigenvalue weighted by atomic mass is 19.1. The Labute approximate surface area is 138 Å². The van der Waals surface area contributed by atoms with Crippen LogP contribution in [0.3, 0.4) is 0 Å². The van der Waals surface area contributed by atoms with Crippen LogP contribution >= 0.6 is 0 Å². The highest BCUT2D eigenvalue weighted by molar-refractivity contribution is 5.74. The van der Waals surface area contributed by atoms with Gasteiger partial charge in [0.1, 0.15) is 23.0 Å². The van der Waals surface area contributed by atoms with Crippen LogP contribution in [0.5, 0.6) is 0 Å². The molecule has 2 amide bonds. The third-order valence-corrected chi connectivity index (χ3v) is 3.69. The largest absolute Gasteiger partial charge is 0.466 e. The van der Waals surface area contributed by atoms with Crippen molar-refractivity contribution in [3.8, 4) is 0 Å². The SMILES string of the molecule is CC[C@H](NC(=O)NC[C@](C)(O)c1ccco1)c1cc(F)ccc1F. The van der Waals surface area contributed by atoms with Crippen LogP contribution in [-0.4, -0.2) is 17.7 Å². The standard InChI is InChI=1S/C17H20F2N2O3/c1-3-14(12-9-11(18)6-7-13(12)19)21-16(22)20-10-17(2,23)15-5-4-8-24-15/h4-9,14,23H,3,10H2,1-2H3,(H2,20,21,22)/t14-,17-/m0/s1. The maximum atomic E-state index is 13.8. The lowest BCUT2D eigenvalue weighted by atomic mass is 10.0. The molecule has 2 aromatic rings. The summed E-state index contributed by atoms with van der Waals surface area (Å²) >= 11 is 0. The summed E-state index contributed by atoms with van der Waals surface area (Å²) in [6.45, 7) is 3.14. The van der Waals surface area contributed by atoms with E-state index < -0.39 is 29.3 Å². The van der Waals surface area contributed by atoms with E-state index in [2.05, 4.69) is 10.6 Å². The number of benzene rings is 1. The average molecular weight is 338 g/mol. The number of hydrogen-bond acceptors (Lipinski definition) is 3. The van der Waals surface area contributed by atoms with Gasteiger partial charge in [-0.2, -0.15) is 0 Å². The van der Waals surface area contributed by atoms with E-state index in [0.717, 1.165) is 18.2 Å². The molecule has 3 N–H and O–H groups in total. The molecular formula is C17H20F2N2O3. The van der Waals surface area contributed by atoms with Gasteiger partial charge >= 0.3 is 6.03 Å². The van der Waals surface area contributed by atoms with Gasteiger partial charge < -0.3 is 20.2 Å². The summed E-state index contributed by atoms with van der Waals surface area (Å²) in [7, 11) is 0. The molecule has 0 saturated heterocycles. The van der Waals surface area contributed by atoms with E-state index in [1.165, 1.54) is 13.2 Å². The minimum Gasteiger partial charge on any atom is -0.466 e. The third-order valence-electron chi connectivity index (χ3n) is 3.69. The molecule has 7 heteroatoms. The fourth-order valence-corrected chi connectivity index (χ4v) is 2.32. The molecule has 0 aliphatic carbocycles. The second-order valence-corrected chi connectivity index (χ2v) is 5.70. The molecule has 5 nitrogen and oxygen atoms in total. The first kappa shape index (κ1) is 17.9. The quantitative estimate of drug-likeness (QED) is 0.757. The van der Waals surface area contributed by atoms with Crippen LogP contribution < -0.4 is 10.6 Å². The van der Waals surface area contributed by atoms with E-state index in [4.69, 9.17) is 4.42 Å². The summed E-state index contributed by atoms with van der Waals surface area (Å²) in [6, 6.07) is 5.04. The number of halogens is 2. The van der Waals surface area contributed by atoms with E-state index in [9.17, 15) is 18.7 Å². The topological polar surface area (TPSA) is 74.5 Å². The van der Waals surface area contributed by atoms with Crippen molar-refractivity contribution in [2.24, 2.45) is 0 Å². The van der Waals surface area contributed by atoms with Crippen molar-refractivity contribution in [1.29, 1.82) is 0 Å². The van der Waals surface area contributed by atoms with Crippen molar-refractivity contribution >= 4 is 6.03 Å². The number of amides is 2. The van der Waals surface area contributed by atoms with Crippen LogP contribution in [0, 0.1) is 11.6 Å². The third kappa shape index (κ3) is 4.32. The van der Waals surface area contributed by atoms with Gasteiger partial charge in [-0.3, -0.25) is 0 Å². The van der Waals surface area contributed by atoms with Crippen LogP contribution in [0.2, 0.25) is 0 Å². The van der Waals surface area contributed by atoms with E-state index in [1.54, 1.807) is 19.1 Å². The molecule has 0 fully saturated rings. The Morgan fingerprint density at radius 2 is 2.12 bits per heavy atom. The average Bonchev–Trinajstić information content (AvgIpc) is 3.08. The fourth-order valence-electron chi connectivity index (χ4n) is 2.32. The van der Waals surface area contributed by atoms with Crippen molar-refractivity contribution in [3.05, 3.63) is 59.6 Å². The van der Waals surface area contributed by atoms with Crippen molar-refractivity contribution in [2.45, 2.75) is 31.9 Å². The number of nitrogens with one attached hydrogen (secondary N) is 2. The van der Waals surface area contributed by atoms with Crippen molar-refractivity contribution in [1.82, 2.24) is 10.6 Å². The van der Waals surface area contributed by atoms with E-state index in [1.807, 2.05) is 0 Å². The van der Waals surface area contributed by atoms with Crippen molar-refractivity contribution in [2.75, 3.05) is 6.54 Å². The first-order valence-electron chi connectivity index (χ1n) is 7.59. The molecule has 24 heavy (non-hydrogen) atoms. The molecular weight excluding hydrogens is 318 g/mol. The number of urea groups is 1. The van der Waals surface area contributed by atoms with E-state index in [0.29, 0.717) is 12.2 Å². The first-order chi connectivity index (χ1) is 11.3. The molecule has 0 bridgehead atoms. The zero-order valence-electron chi connectivity index (χ0n) is 13.5. The summed E-state index contributed by atoms with van der Waals surface area (Å²) in [4.78, 5) is 12.0. The fraction of sp³-hybridized carbons (Fsp3) is 0.353. The molecule has 2 atom stereocenters. The monoisotopic (exact) mass is 338 g/mol. The second kappa shape index (κ2) is 7.44. The number of aliphatic hydroxyl groups is 1. The first-order valence-corrected chi connectivity index (χ1v) is 7.59. The minimum atomic E-state index is -1.38. The summed E-state index contributed by atoms with van der Waals surface area (Å²) in [6.07, 6.45) is 1.80. The van der Waals surface area contributed by atoms with Gasteiger partial charge in [0.25, 0.3) is 0 Å². The lowest BCUT2D eigenvalue weighted by Crippen LogP contribution is -2.44. The molecule has 1 aromatic carbocycles. The Bertz CT molecular complexity index is 687. The smallest absolute Gasteiger partial charge is 0.315 e. The number of furan rings is 1. The Morgan fingerprint density at radius 1 is 1.38 bits per heavy atom. The van der Waals surface area contributed by atoms with Crippen LogP contribution in [0.4, 0.5) is 13.6 Å². The zero-order chi connectivity index (χ0) is 17.7. The van der Waals surface area contributed by atoms with Gasteiger partial charge in [-0.05, 0) is 43.7 Å². The molecule has 0 unspecified atom stereocenters. The molecule has 0 spiro atoms. The highest BCUT2D eigenvalue weighted by Gasteiger charge is 2.27. The van der Waals surface area contributed by atoms with Gasteiger partial charge in [-0.25, -0.2) is 13.6 Å². The molecule has 1 aromatic heterocycles. The predicted octanol–water partition coefficient (Wildman–Crippen LogP) is 3.22. The minimum absolute atomic E-state index is 0.0745. The number of rotatable bonds is 6. The maximum Gasteiger partial charge on any atom is 0.315 e. The molecule has 0 saturated carbocycles. The summed E-state index contributed by atoms with van der Waals surface area (Å²) in [5.74, 6) is -0.857. The molecule has 130 valence electrons. The van der Waals surface area contributed by atoms with Gasteiger partial charge in [0.15, 0.2) is 0 Å². The lowest BCUT2D eigenvalue weighted by Gasteiger charge is -2.23. The van der Waals surface area contributed by atoms with Crippen molar-refractivity contribution < 1.29 is 23.1 Å². The lowest BCUT2D eigenvalue weighted by molar-refractivity contribution is 0.0366. The van der Waals surface area contributed by atoms with E-state index in [-0.39, 0.29) is 12.1 Å². The van der Waals surface area contributed by atoms with Crippen LogP contribution in [-0.2, 0) is 5.60 Å². The Kier molecular flexibility index (Phi) is 5.56. The van der Waals surface area contributed by atoms with E-state index >= 15 is 0 Å². The Balaban J connectivity index is 1.98. The zero-order valence-corrected chi connectivity index (χ0v) is 13.5. The molecule has 0 aliphatic heterocycles. The molecule has 1 heterocycles. The molecule has 0 radical (unpaired) electrons. The number of carbonyl (C=O) groups is 1.